The fourth-order valence-electron chi connectivity index (χ4n) is 1.62. The maximum absolute atomic E-state index is 11.8. The zero-order valence-corrected chi connectivity index (χ0v) is 11.0. The average molecular weight is 261 g/mol. The van der Waals surface area contributed by atoms with Crippen molar-refractivity contribution in [2.45, 2.75) is 27.3 Å². The summed E-state index contributed by atoms with van der Waals surface area (Å²) in [6, 6.07) is 1.38. The Kier molecular flexibility index (Phi) is 3.50. The number of rotatable bonds is 3. The van der Waals surface area contributed by atoms with Crippen LogP contribution in [0.5, 0.6) is 0 Å². The predicted octanol–water partition coefficient (Wildman–Crippen LogP) is 1.22. The van der Waals surface area contributed by atoms with E-state index in [1.165, 1.54) is 12.3 Å². The molecule has 100 valence electrons. The van der Waals surface area contributed by atoms with Crippen molar-refractivity contribution in [3.63, 3.8) is 0 Å². The number of aromatic nitrogens is 2. The van der Waals surface area contributed by atoms with Gasteiger partial charge in [0, 0.05) is 18.0 Å². The SMILES string of the molecule is Cc1cc(=O)c(C(=O)NCc2nc(C)c(C)o2)c[nH]1. The Labute approximate surface area is 109 Å². The molecule has 19 heavy (non-hydrogen) atoms. The third-order valence-electron chi connectivity index (χ3n) is 2.77. The van der Waals surface area contributed by atoms with Gasteiger partial charge in [-0.05, 0) is 20.8 Å². The zero-order valence-electron chi connectivity index (χ0n) is 11.0. The predicted molar refractivity (Wildman–Crippen MR) is 68.9 cm³/mol. The molecule has 0 aliphatic rings. The summed E-state index contributed by atoms with van der Waals surface area (Å²) in [4.78, 5) is 30.5. The van der Waals surface area contributed by atoms with Crippen LogP contribution in [0, 0.1) is 20.8 Å². The second kappa shape index (κ2) is 5.09. The minimum absolute atomic E-state index is 0.0746. The molecule has 0 atom stereocenters. The van der Waals surface area contributed by atoms with Gasteiger partial charge in [-0.1, -0.05) is 0 Å². The minimum atomic E-state index is -0.449. The highest BCUT2D eigenvalue weighted by molar-refractivity contribution is 5.93. The van der Waals surface area contributed by atoms with Crippen LogP contribution in [0.2, 0.25) is 0 Å². The first-order chi connectivity index (χ1) is 8.97. The molecule has 1 amide bonds. The molecule has 6 heteroatoms. The van der Waals surface area contributed by atoms with Crippen molar-refractivity contribution in [1.82, 2.24) is 15.3 Å². The molecule has 2 rings (SSSR count). The Morgan fingerprint density at radius 1 is 1.42 bits per heavy atom. The van der Waals surface area contributed by atoms with Crippen molar-refractivity contribution in [2.24, 2.45) is 0 Å². The average Bonchev–Trinajstić information content (AvgIpc) is 2.66. The highest BCUT2D eigenvalue weighted by atomic mass is 16.4. The third kappa shape index (κ3) is 2.90. The van der Waals surface area contributed by atoms with E-state index in [0.29, 0.717) is 11.6 Å². The van der Waals surface area contributed by atoms with E-state index in [4.69, 9.17) is 4.42 Å². The quantitative estimate of drug-likeness (QED) is 0.869. The molecule has 0 aromatic carbocycles. The molecule has 0 spiro atoms. The summed E-state index contributed by atoms with van der Waals surface area (Å²) in [6.45, 7) is 5.54. The van der Waals surface area contributed by atoms with E-state index in [1.54, 1.807) is 13.8 Å². The molecule has 2 N–H and O–H groups in total. The Bertz CT molecular complexity index is 651. The van der Waals surface area contributed by atoms with Crippen LogP contribution in [0.3, 0.4) is 0 Å². The fraction of sp³-hybridized carbons (Fsp3) is 0.308. The van der Waals surface area contributed by atoms with Gasteiger partial charge in [-0.15, -0.1) is 0 Å². The maximum atomic E-state index is 11.8. The van der Waals surface area contributed by atoms with Gasteiger partial charge in [-0.3, -0.25) is 9.59 Å². The van der Waals surface area contributed by atoms with E-state index >= 15 is 0 Å². The van der Waals surface area contributed by atoms with Crippen LogP contribution in [0.15, 0.2) is 21.5 Å². The van der Waals surface area contributed by atoms with E-state index in [2.05, 4.69) is 15.3 Å². The van der Waals surface area contributed by atoms with Gasteiger partial charge >= 0.3 is 0 Å². The van der Waals surface area contributed by atoms with Gasteiger partial charge < -0.3 is 14.7 Å². The van der Waals surface area contributed by atoms with E-state index in [9.17, 15) is 9.59 Å². The third-order valence-corrected chi connectivity index (χ3v) is 2.77. The van der Waals surface area contributed by atoms with Gasteiger partial charge in [-0.25, -0.2) is 4.98 Å². The number of nitrogens with zero attached hydrogens (tertiary/aromatic N) is 1. The van der Waals surface area contributed by atoms with Crippen molar-refractivity contribution in [3.05, 3.63) is 51.1 Å². The van der Waals surface area contributed by atoms with Gasteiger partial charge in [0.25, 0.3) is 5.91 Å². The smallest absolute Gasteiger partial charge is 0.257 e. The van der Waals surface area contributed by atoms with E-state index in [1.807, 2.05) is 6.92 Å². The molecule has 0 aliphatic carbocycles. The molecule has 0 fully saturated rings. The van der Waals surface area contributed by atoms with E-state index < -0.39 is 5.91 Å². The van der Waals surface area contributed by atoms with Crippen molar-refractivity contribution in [1.29, 1.82) is 0 Å². The molecular formula is C13H15N3O3. The first kappa shape index (κ1) is 13.1. The monoisotopic (exact) mass is 261 g/mol. The Morgan fingerprint density at radius 2 is 2.16 bits per heavy atom. The summed E-state index contributed by atoms with van der Waals surface area (Å²) < 4.78 is 5.34. The maximum Gasteiger partial charge on any atom is 0.257 e. The number of H-pyrrole nitrogens is 1. The van der Waals surface area contributed by atoms with Crippen molar-refractivity contribution in [2.75, 3.05) is 0 Å². The van der Waals surface area contributed by atoms with Crippen LogP contribution in [0.4, 0.5) is 0 Å². The number of carbonyl (C=O) groups excluding carboxylic acids is 1. The molecule has 0 radical (unpaired) electrons. The van der Waals surface area contributed by atoms with Crippen LogP contribution in [0.25, 0.3) is 0 Å². The van der Waals surface area contributed by atoms with Gasteiger partial charge in [0.2, 0.25) is 5.89 Å². The number of aryl methyl sites for hydroxylation is 3. The lowest BCUT2D eigenvalue weighted by Gasteiger charge is -2.02. The summed E-state index contributed by atoms with van der Waals surface area (Å²) in [7, 11) is 0. The molecular weight excluding hydrogens is 246 g/mol. The molecule has 2 aromatic rings. The number of aromatic amines is 1. The van der Waals surface area contributed by atoms with Crippen LogP contribution >= 0.6 is 0 Å². The van der Waals surface area contributed by atoms with Crippen molar-refractivity contribution in [3.8, 4) is 0 Å². The first-order valence-corrected chi connectivity index (χ1v) is 5.88. The van der Waals surface area contributed by atoms with E-state index in [-0.39, 0.29) is 17.5 Å². The number of pyridine rings is 1. The Morgan fingerprint density at radius 3 is 2.74 bits per heavy atom. The standard InChI is InChI=1S/C13H15N3O3/c1-7-4-11(17)10(5-14-7)13(18)15-6-12-16-8(2)9(3)19-12/h4-5H,6H2,1-3H3,(H,14,17)(H,15,18). The lowest BCUT2D eigenvalue weighted by Crippen LogP contribution is -2.28. The molecule has 0 unspecified atom stereocenters. The minimum Gasteiger partial charge on any atom is -0.444 e. The molecule has 0 bridgehead atoms. The first-order valence-electron chi connectivity index (χ1n) is 5.88. The fourth-order valence-corrected chi connectivity index (χ4v) is 1.62. The van der Waals surface area contributed by atoms with Gasteiger partial charge in [0.1, 0.15) is 11.3 Å². The van der Waals surface area contributed by atoms with Crippen LogP contribution in [-0.2, 0) is 6.54 Å². The topological polar surface area (TPSA) is 88.0 Å². The number of hydrogen-bond donors (Lipinski definition) is 2. The number of nitrogens with one attached hydrogen (secondary N) is 2. The summed E-state index contributed by atoms with van der Waals surface area (Å²) in [6.07, 6.45) is 1.40. The normalized spacial score (nSPS) is 10.5. The summed E-state index contributed by atoms with van der Waals surface area (Å²) >= 11 is 0. The molecule has 0 saturated carbocycles. The second-order valence-corrected chi connectivity index (χ2v) is 4.33. The summed E-state index contributed by atoms with van der Waals surface area (Å²) in [5, 5.41) is 2.60. The Balaban J connectivity index is 2.07. The Hall–Kier alpha value is -2.37. The molecule has 6 nitrogen and oxygen atoms in total. The van der Waals surface area contributed by atoms with E-state index in [0.717, 1.165) is 11.5 Å². The lowest BCUT2D eigenvalue weighted by atomic mass is 10.2. The second-order valence-electron chi connectivity index (χ2n) is 4.33. The summed E-state index contributed by atoms with van der Waals surface area (Å²) in [5.74, 6) is 0.694. The molecule has 2 aromatic heterocycles. The number of oxazole rings is 1. The van der Waals surface area contributed by atoms with Crippen LogP contribution in [0.1, 0.15) is 33.4 Å². The number of hydrogen-bond acceptors (Lipinski definition) is 4. The number of amides is 1. The number of carbonyl (C=O) groups is 1. The van der Waals surface area contributed by atoms with Crippen molar-refractivity contribution < 1.29 is 9.21 Å². The van der Waals surface area contributed by atoms with Gasteiger partial charge in [0.05, 0.1) is 12.2 Å². The zero-order chi connectivity index (χ0) is 14.0. The molecule has 2 heterocycles. The van der Waals surface area contributed by atoms with Gasteiger partial charge in [-0.2, -0.15) is 0 Å². The van der Waals surface area contributed by atoms with Crippen LogP contribution < -0.4 is 10.7 Å². The highest BCUT2D eigenvalue weighted by Crippen LogP contribution is 2.07. The highest BCUT2D eigenvalue weighted by Gasteiger charge is 2.12. The van der Waals surface area contributed by atoms with Gasteiger partial charge in [0.15, 0.2) is 5.43 Å². The van der Waals surface area contributed by atoms with Crippen molar-refractivity contribution >= 4 is 5.91 Å². The molecule has 0 aliphatic heterocycles. The largest absolute Gasteiger partial charge is 0.444 e. The summed E-state index contributed by atoms with van der Waals surface area (Å²) in [5.41, 5.74) is 1.26. The lowest BCUT2D eigenvalue weighted by molar-refractivity contribution is 0.0945. The van der Waals surface area contributed by atoms with Crippen LogP contribution in [-0.4, -0.2) is 15.9 Å². The molecule has 0 saturated heterocycles.